The van der Waals surface area contributed by atoms with Gasteiger partial charge in [-0.15, -0.1) is 0 Å². The third-order valence-corrected chi connectivity index (χ3v) is 2.94. The molecule has 1 aromatic heterocycles. The van der Waals surface area contributed by atoms with E-state index in [0.717, 1.165) is 11.6 Å². The zero-order valence-corrected chi connectivity index (χ0v) is 11.4. The number of rotatable bonds is 5. The summed E-state index contributed by atoms with van der Waals surface area (Å²) < 4.78 is 31.7. The second kappa shape index (κ2) is 6.43. The molecule has 0 radical (unpaired) electrons. The quantitative estimate of drug-likeness (QED) is 0.912. The second-order valence-electron chi connectivity index (χ2n) is 4.28. The molecular weight excluding hydrogens is 262 g/mol. The second-order valence-corrected chi connectivity index (χ2v) is 4.28. The first-order chi connectivity index (χ1) is 9.65. The maximum absolute atomic E-state index is 13.3. The molecule has 1 atom stereocenters. The average Bonchev–Trinajstić information content (AvgIpc) is 2.44. The zero-order valence-electron chi connectivity index (χ0n) is 11.4. The van der Waals surface area contributed by atoms with Crippen LogP contribution in [0.3, 0.4) is 0 Å². The van der Waals surface area contributed by atoms with Crippen LogP contribution in [0.5, 0.6) is 5.75 Å². The summed E-state index contributed by atoms with van der Waals surface area (Å²) in [6, 6.07) is 5.41. The topological polar surface area (TPSA) is 34.1 Å². The molecule has 2 aromatic rings. The van der Waals surface area contributed by atoms with Crippen LogP contribution in [0.4, 0.5) is 8.78 Å². The summed E-state index contributed by atoms with van der Waals surface area (Å²) in [7, 11) is 1.75. The molecule has 0 spiro atoms. The molecule has 0 aliphatic carbocycles. The average molecular weight is 278 g/mol. The van der Waals surface area contributed by atoms with E-state index in [9.17, 15) is 8.78 Å². The van der Waals surface area contributed by atoms with Gasteiger partial charge >= 0.3 is 0 Å². The van der Waals surface area contributed by atoms with Crippen LogP contribution in [-0.2, 0) is 0 Å². The first-order valence-corrected chi connectivity index (χ1v) is 6.35. The van der Waals surface area contributed by atoms with Crippen molar-refractivity contribution in [1.29, 1.82) is 0 Å². The molecule has 5 heteroatoms. The Morgan fingerprint density at radius 2 is 1.95 bits per heavy atom. The van der Waals surface area contributed by atoms with Crippen molar-refractivity contribution in [2.75, 3.05) is 13.7 Å². The van der Waals surface area contributed by atoms with Crippen LogP contribution in [0.15, 0.2) is 36.7 Å². The van der Waals surface area contributed by atoms with Gasteiger partial charge in [0.1, 0.15) is 5.75 Å². The lowest BCUT2D eigenvalue weighted by Crippen LogP contribution is -2.18. The van der Waals surface area contributed by atoms with Crippen molar-refractivity contribution in [2.45, 2.75) is 13.0 Å². The Morgan fingerprint density at radius 3 is 2.60 bits per heavy atom. The van der Waals surface area contributed by atoms with Crippen molar-refractivity contribution < 1.29 is 13.5 Å². The summed E-state index contributed by atoms with van der Waals surface area (Å²) in [6.07, 6.45) is 3.29. The number of hydrogen-bond donors (Lipinski definition) is 1. The lowest BCUT2D eigenvalue weighted by Gasteiger charge is -2.17. The number of pyridine rings is 1. The van der Waals surface area contributed by atoms with Gasteiger partial charge in [0.2, 0.25) is 0 Å². The Hall–Kier alpha value is -2.01. The molecule has 1 unspecified atom stereocenters. The molecule has 0 fully saturated rings. The third kappa shape index (κ3) is 3.11. The molecule has 0 aliphatic heterocycles. The fourth-order valence-corrected chi connectivity index (χ4v) is 2.06. The summed E-state index contributed by atoms with van der Waals surface area (Å²) in [6.45, 7) is 2.43. The van der Waals surface area contributed by atoms with Crippen LogP contribution in [0.25, 0.3) is 0 Å². The highest BCUT2D eigenvalue weighted by Crippen LogP contribution is 2.25. The molecule has 1 heterocycles. The van der Waals surface area contributed by atoms with Crippen LogP contribution in [0, 0.1) is 11.6 Å². The molecule has 0 saturated heterocycles. The molecule has 0 amide bonds. The van der Waals surface area contributed by atoms with Gasteiger partial charge in [-0.2, -0.15) is 0 Å². The highest BCUT2D eigenvalue weighted by atomic mass is 19.2. The molecule has 2 rings (SSSR count). The minimum Gasteiger partial charge on any atom is -0.492 e. The number of ether oxygens (including phenoxy) is 1. The first kappa shape index (κ1) is 14.4. The molecule has 0 saturated carbocycles. The fraction of sp³-hybridized carbons (Fsp3) is 0.267. The van der Waals surface area contributed by atoms with Crippen LogP contribution in [0.1, 0.15) is 24.1 Å². The molecule has 0 aliphatic rings. The molecule has 0 bridgehead atoms. The van der Waals surface area contributed by atoms with Crippen molar-refractivity contribution in [3.8, 4) is 5.75 Å². The zero-order chi connectivity index (χ0) is 14.5. The SMILES string of the molecule is CCOc1cncc(C(NC)c2ccc(F)c(F)c2)c1. The molecule has 3 nitrogen and oxygen atoms in total. The van der Waals surface area contributed by atoms with E-state index in [1.54, 1.807) is 25.5 Å². The van der Waals surface area contributed by atoms with Gasteiger partial charge in [0.05, 0.1) is 18.8 Å². The van der Waals surface area contributed by atoms with E-state index in [2.05, 4.69) is 10.3 Å². The number of aromatic nitrogens is 1. The molecule has 1 N–H and O–H groups in total. The van der Waals surface area contributed by atoms with Crippen molar-refractivity contribution in [3.05, 3.63) is 59.4 Å². The third-order valence-electron chi connectivity index (χ3n) is 2.94. The monoisotopic (exact) mass is 278 g/mol. The minimum atomic E-state index is -0.864. The van der Waals surface area contributed by atoms with E-state index in [1.807, 2.05) is 13.0 Å². The molecule has 20 heavy (non-hydrogen) atoms. The highest BCUT2D eigenvalue weighted by Gasteiger charge is 2.15. The lowest BCUT2D eigenvalue weighted by atomic mass is 10.00. The molecule has 1 aromatic carbocycles. The van der Waals surface area contributed by atoms with E-state index in [0.29, 0.717) is 17.9 Å². The Labute approximate surface area is 116 Å². The van der Waals surface area contributed by atoms with Gasteiger partial charge in [-0.1, -0.05) is 6.07 Å². The number of halogens is 2. The normalized spacial score (nSPS) is 12.2. The van der Waals surface area contributed by atoms with Crippen molar-refractivity contribution >= 4 is 0 Å². The van der Waals surface area contributed by atoms with Gasteiger partial charge in [-0.3, -0.25) is 4.98 Å². The van der Waals surface area contributed by atoms with Gasteiger partial charge in [-0.05, 0) is 43.3 Å². The summed E-state index contributed by atoms with van der Waals surface area (Å²) in [5.41, 5.74) is 1.45. The number of benzene rings is 1. The van der Waals surface area contributed by atoms with E-state index in [4.69, 9.17) is 4.74 Å². The largest absolute Gasteiger partial charge is 0.492 e. The van der Waals surface area contributed by atoms with Crippen LogP contribution >= 0.6 is 0 Å². The maximum Gasteiger partial charge on any atom is 0.159 e. The van der Waals surface area contributed by atoms with Gasteiger partial charge in [-0.25, -0.2) is 8.78 Å². The fourth-order valence-electron chi connectivity index (χ4n) is 2.06. The standard InChI is InChI=1S/C15H16F2N2O/c1-3-20-12-6-11(8-19-9-12)15(18-2)10-4-5-13(16)14(17)7-10/h4-9,15,18H,3H2,1-2H3. The Balaban J connectivity index is 2.36. The van der Waals surface area contributed by atoms with Crippen LogP contribution in [-0.4, -0.2) is 18.6 Å². The van der Waals surface area contributed by atoms with E-state index in [1.165, 1.54) is 6.07 Å². The van der Waals surface area contributed by atoms with Crippen LogP contribution < -0.4 is 10.1 Å². The van der Waals surface area contributed by atoms with E-state index in [-0.39, 0.29) is 6.04 Å². The summed E-state index contributed by atoms with van der Waals surface area (Å²) in [4.78, 5) is 4.10. The van der Waals surface area contributed by atoms with Crippen molar-refractivity contribution in [1.82, 2.24) is 10.3 Å². The van der Waals surface area contributed by atoms with Gasteiger partial charge in [0.25, 0.3) is 0 Å². The van der Waals surface area contributed by atoms with Crippen LogP contribution in [0.2, 0.25) is 0 Å². The van der Waals surface area contributed by atoms with Crippen molar-refractivity contribution in [2.24, 2.45) is 0 Å². The number of nitrogens with zero attached hydrogens (tertiary/aromatic N) is 1. The van der Waals surface area contributed by atoms with Crippen molar-refractivity contribution in [3.63, 3.8) is 0 Å². The Kier molecular flexibility index (Phi) is 4.63. The summed E-state index contributed by atoms with van der Waals surface area (Å²) in [5.74, 6) is -1.07. The predicted octanol–water partition coefficient (Wildman–Crippen LogP) is 3.07. The number of nitrogens with one attached hydrogen (secondary N) is 1. The first-order valence-electron chi connectivity index (χ1n) is 6.35. The maximum atomic E-state index is 13.3. The van der Waals surface area contributed by atoms with E-state index >= 15 is 0 Å². The Bertz CT molecular complexity index is 590. The van der Waals surface area contributed by atoms with Gasteiger partial charge in [0, 0.05) is 6.20 Å². The Morgan fingerprint density at radius 1 is 1.15 bits per heavy atom. The van der Waals surface area contributed by atoms with E-state index < -0.39 is 11.6 Å². The highest BCUT2D eigenvalue weighted by molar-refractivity contribution is 5.34. The lowest BCUT2D eigenvalue weighted by molar-refractivity contribution is 0.338. The summed E-state index contributed by atoms with van der Waals surface area (Å²) >= 11 is 0. The molecular formula is C15H16F2N2O. The number of hydrogen-bond acceptors (Lipinski definition) is 3. The van der Waals surface area contributed by atoms with Gasteiger partial charge < -0.3 is 10.1 Å². The predicted molar refractivity (Wildman–Crippen MR) is 72.7 cm³/mol. The molecule has 106 valence electrons. The minimum absolute atomic E-state index is 0.280. The van der Waals surface area contributed by atoms with Gasteiger partial charge in [0.15, 0.2) is 11.6 Å². The summed E-state index contributed by atoms with van der Waals surface area (Å²) in [5, 5.41) is 3.07. The smallest absolute Gasteiger partial charge is 0.159 e.